The average Bonchev–Trinajstić information content (AvgIpc) is 2.57. The standard InChI is InChI=1S/C11H23ClSi/c1-3-9-13(12,10-4-2)11-7-5-6-8-11/h11H,3-10H2,1-2H3. The summed E-state index contributed by atoms with van der Waals surface area (Å²) in [5, 5.41) is 0. The van der Waals surface area contributed by atoms with Crippen LogP contribution in [0.2, 0.25) is 17.6 Å². The Balaban J connectivity index is 2.52. The van der Waals surface area contributed by atoms with Crippen molar-refractivity contribution < 1.29 is 0 Å². The van der Waals surface area contributed by atoms with Gasteiger partial charge in [0.25, 0.3) is 0 Å². The summed E-state index contributed by atoms with van der Waals surface area (Å²) < 4.78 is 0. The lowest BCUT2D eigenvalue weighted by Crippen LogP contribution is -2.31. The van der Waals surface area contributed by atoms with Crippen molar-refractivity contribution in [2.45, 2.75) is 70.0 Å². The van der Waals surface area contributed by atoms with Crippen LogP contribution in [0, 0.1) is 0 Å². The van der Waals surface area contributed by atoms with Crippen molar-refractivity contribution in [3.63, 3.8) is 0 Å². The lowest BCUT2D eigenvalue weighted by atomic mass is 10.4. The molecule has 0 aromatic rings. The third kappa shape index (κ3) is 2.98. The van der Waals surface area contributed by atoms with Crippen LogP contribution in [0.1, 0.15) is 52.4 Å². The van der Waals surface area contributed by atoms with Gasteiger partial charge in [0.15, 0.2) is 7.38 Å². The third-order valence-corrected chi connectivity index (χ3v) is 10.2. The van der Waals surface area contributed by atoms with Crippen LogP contribution in [0.4, 0.5) is 0 Å². The smallest absolute Gasteiger partial charge is 0.159 e. The first-order chi connectivity index (χ1) is 6.23. The molecule has 1 aliphatic rings. The van der Waals surface area contributed by atoms with Gasteiger partial charge in [0.05, 0.1) is 0 Å². The highest BCUT2D eigenvalue weighted by molar-refractivity contribution is 7.21. The highest BCUT2D eigenvalue weighted by Gasteiger charge is 2.39. The molecule has 0 spiro atoms. The highest BCUT2D eigenvalue weighted by atomic mass is 35.6. The molecule has 1 aliphatic carbocycles. The first kappa shape index (κ1) is 11.6. The maximum Gasteiger partial charge on any atom is 0.159 e. The van der Waals surface area contributed by atoms with Crippen LogP contribution in [0.3, 0.4) is 0 Å². The summed E-state index contributed by atoms with van der Waals surface area (Å²) >= 11 is 6.88. The molecule has 1 rings (SSSR count). The van der Waals surface area contributed by atoms with E-state index in [4.69, 9.17) is 11.1 Å². The molecule has 0 unspecified atom stereocenters. The van der Waals surface area contributed by atoms with Crippen LogP contribution in [-0.2, 0) is 0 Å². The van der Waals surface area contributed by atoms with E-state index >= 15 is 0 Å². The van der Waals surface area contributed by atoms with Crippen molar-refractivity contribution in [1.82, 2.24) is 0 Å². The molecule has 2 heteroatoms. The van der Waals surface area contributed by atoms with Gasteiger partial charge in [-0.1, -0.05) is 52.4 Å². The molecule has 78 valence electrons. The molecule has 0 heterocycles. The van der Waals surface area contributed by atoms with E-state index in [2.05, 4.69) is 13.8 Å². The van der Waals surface area contributed by atoms with Gasteiger partial charge in [0.2, 0.25) is 0 Å². The Kier molecular flexibility index (Phi) is 4.81. The maximum absolute atomic E-state index is 6.88. The van der Waals surface area contributed by atoms with Crippen molar-refractivity contribution in [2.24, 2.45) is 0 Å². The number of hydrogen-bond donors (Lipinski definition) is 0. The molecule has 0 aromatic carbocycles. The van der Waals surface area contributed by atoms with Gasteiger partial charge in [-0.3, -0.25) is 0 Å². The monoisotopic (exact) mass is 218 g/mol. The van der Waals surface area contributed by atoms with E-state index in [1.165, 1.54) is 50.6 Å². The fourth-order valence-corrected chi connectivity index (χ4v) is 8.77. The fourth-order valence-electron chi connectivity index (χ4n) is 2.81. The van der Waals surface area contributed by atoms with Crippen molar-refractivity contribution >= 4 is 18.5 Å². The molecule has 0 N–H and O–H groups in total. The van der Waals surface area contributed by atoms with Gasteiger partial charge < -0.3 is 0 Å². The summed E-state index contributed by atoms with van der Waals surface area (Å²) in [5.41, 5.74) is 0.953. The number of rotatable bonds is 5. The number of halogens is 1. The molecule has 0 saturated heterocycles. The topological polar surface area (TPSA) is 0 Å². The zero-order chi connectivity index (χ0) is 9.73. The van der Waals surface area contributed by atoms with E-state index in [9.17, 15) is 0 Å². The number of hydrogen-bond acceptors (Lipinski definition) is 0. The lowest BCUT2D eigenvalue weighted by Gasteiger charge is -2.30. The van der Waals surface area contributed by atoms with Crippen LogP contribution in [0.25, 0.3) is 0 Å². The van der Waals surface area contributed by atoms with Gasteiger partial charge in [0, 0.05) is 0 Å². The Morgan fingerprint density at radius 3 is 1.92 bits per heavy atom. The van der Waals surface area contributed by atoms with Crippen LogP contribution in [0.15, 0.2) is 0 Å². The molecule has 13 heavy (non-hydrogen) atoms. The second kappa shape index (κ2) is 5.40. The van der Waals surface area contributed by atoms with E-state index in [1.54, 1.807) is 0 Å². The van der Waals surface area contributed by atoms with E-state index in [0.717, 1.165) is 5.54 Å². The SMILES string of the molecule is CCC[Si](Cl)(CCC)C1CCCC1. The lowest BCUT2D eigenvalue weighted by molar-refractivity contribution is 0.811. The predicted octanol–water partition coefficient (Wildman–Crippen LogP) is 4.93. The summed E-state index contributed by atoms with van der Waals surface area (Å²) in [6.45, 7) is 4.57. The van der Waals surface area contributed by atoms with Crippen LogP contribution in [0.5, 0.6) is 0 Å². The van der Waals surface area contributed by atoms with Gasteiger partial charge in [0.1, 0.15) is 0 Å². The molecule has 1 fully saturated rings. The van der Waals surface area contributed by atoms with Crippen molar-refractivity contribution in [3.8, 4) is 0 Å². The Morgan fingerprint density at radius 1 is 1.08 bits per heavy atom. The average molecular weight is 219 g/mol. The molecular weight excluding hydrogens is 196 g/mol. The van der Waals surface area contributed by atoms with Crippen LogP contribution >= 0.6 is 11.1 Å². The van der Waals surface area contributed by atoms with Gasteiger partial charge in [-0.15, -0.1) is 0 Å². The Bertz CT molecular complexity index is 135. The Hall–Kier alpha value is 0.507. The van der Waals surface area contributed by atoms with Gasteiger partial charge in [-0.05, 0) is 17.6 Å². The molecule has 1 saturated carbocycles. The van der Waals surface area contributed by atoms with E-state index in [1.807, 2.05) is 0 Å². The minimum atomic E-state index is -1.34. The molecule has 0 bridgehead atoms. The third-order valence-electron chi connectivity index (χ3n) is 3.42. The highest BCUT2D eigenvalue weighted by Crippen LogP contribution is 2.45. The molecule has 0 radical (unpaired) electrons. The van der Waals surface area contributed by atoms with Gasteiger partial charge >= 0.3 is 0 Å². The molecule has 0 atom stereocenters. The second-order valence-electron chi connectivity index (χ2n) is 4.52. The second-order valence-corrected chi connectivity index (χ2v) is 10.7. The maximum atomic E-state index is 6.88. The zero-order valence-corrected chi connectivity index (χ0v) is 10.9. The van der Waals surface area contributed by atoms with Crippen LogP contribution in [-0.4, -0.2) is 7.38 Å². The van der Waals surface area contributed by atoms with E-state index < -0.39 is 7.38 Å². The minimum absolute atomic E-state index is 0.953. The summed E-state index contributed by atoms with van der Waals surface area (Å²) in [7, 11) is -1.34. The van der Waals surface area contributed by atoms with Crippen LogP contribution < -0.4 is 0 Å². The Labute approximate surface area is 88.8 Å². The van der Waals surface area contributed by atoms with Crippen molar-refractivity contribution in [1.29, 1.82) is 0 Å². The van der Waals surface area contributed by atoms with Gasteiger partial charge in [-0.25, -0.2) is 0 Å². The summed E-state index contributed by atoms with van der Waals surface area (Å²) in [4.78, 5) is 0. The Morgan fingerprint density at radius 2 is 1.54 bits per heavy atom. The largest absolute Gasteiger partial charge is 0.167 e. The summed E-state index contributed by atoms with van der Waals surface area (Å²) in [5.74, 6) is 0. The first-order valence-electron chi connectivity index (χ1n) is 5.92. The van der Waals surface area contributed by atoms with Gasteiger partial charge in [-0.2, -0.15) is 11.1 Å². The molecule has 0 nitrogen and oxygen atoms in total. The molecule has 0 aliphatic heterocycles. The van der Waals surface area contributed by atoms with Crippen molar-refractivity contribution in [2.75, 3.05) is 0 Å². The summed E-state index contributed by atoms with van der Waals surface area (Å²) in [6.07, 6.45) is 8.36. The van der Waals surface area contributed by atoms with E-state index in [0.29, 0.717) is 0 Å². The summed E-state index contributed by atoms with van der Waals surface area (Å²) in [6, 6.07) is 2.71. The van der Waals surface area contributed by atoms with E-state index in [-0.39, 0.29) is 0 Å². The normalized spacial score (nSPS) is 19.6. The molecule has 0 amide bonds. The quantitative estimate of drug-likeness (QED) is 0.453. The van der Waals surface area contributed by atoms with Crippen molar-refractivity contribution in [3.05, 3.63) is 0 Å². The first-order valence-corrected chi connectivity index (χ1v) is 9.42. The molecule has 0 aromatic heterocycles. The predicted molar refractivity (Wildman–Crippen MR) is 64.0 cm³/mol. The molecular formula is C11H23ClSi. The fraction of sp³-hybridized carbons (Fsp3) is 1.00. The zero-order valence-electron chi connectivity index (χ0n) is 9.11. The minimum Gasteiger partial charge on any atom is -0.167 e.